The summed E-state index contributed by atoms with van der Waals surface area (Å²) in [6.07, 6.45) is -4.83. The Labute approximate surface area is 291 Å². The van der Waals surface area contributed by atoms with Gasteiger partial charge in [-0.25, -0.2) is 4.79 Å². The van der Waals surface area contributed by atoms with Gasteiger partial charge in [0, 0.05) is 64.2 Å². The second-order valence-corrected chi connectivity index (χ2v) is 15.5. The smallest absolute Gasteiger partial charge is 0.338 e. The van der Waals surface area contributed by atoms with Crippen LogP contribution in [0.1, 0.15) is 98.4 Å². The van der Waals surface area contributed by atoms with E-state index in [9.17, 15) is 33.9 Å². The van der Waals surface area contributed by atoms with Crippen molar-refractivity contribution in [2.45, 2.75) is 129 Å². The van der Waals surface area contributed by atoms with Crippen LogP contribution in [0.3, 0.4) is 0 Å². The number of benzene rings is 1. The lowest BCUT2D eigenvalue weighted by atomic mass is 9.46. The molecule has 0 heterocycles. The summed E-state index contributed by atoms with van der Waals surface area (Å²) in [7, 11) is 0. The van der Waals surface area contributed by atoms with E-state index in [0.717, 1.165) is 0 Å². The van der Waals surface area contributed by atoms with Crippen molar-refractivity contribution in [2.75, 3.05) is 0 Å². The first-order valence-electron chi connectivity index (χ1n) is 17.0. The van der Waals surface area contributed by atoms with Crippen molar-refractivity contribution in [1.29, 1.82) is 0 Å². The van der Waals surface area contributed by atoms with Crippen LogP contribution in [0.15, 0.2) is 30.3 Å². The van der Waals surface area contributed by atoms with Gasteiger partial charge in [-0.1, -0.05) is 39.0 Å². The lowest BCUT2D eigenvalue weighted by Crippen LogP contribution is -2.73. The third kappa shape index (κ3) is 5.84. The van der Waals surface area contributed by atoms with Gasteiger partial charge in [-0.3, -0.25) is 24.0 Å². The molecule has 4 aliphatic carbocycles. The summed E-state index contributed by atoms with van der Waals surface area (Å²) in [6, 6.07) is 8.32. The van der Waals surface area contributed by atoms with Crippen LogP contribution < -0.4 is 0 Å². The molecule has 0 spiro atoms. The standard InChI is InChI=1S/C37H48O13/c1-19-15-36(44)28(29(19)48-31(43)25-13-11-10-12-14-25)30(46-21(3)39)34(8)18-37(50-24(6)42)26(35(34,9)32(36)47-22(4)40)16-33(7,49-23(5)41)17-27(37)45-20(2)38/h10-14,19,26-30,32,44H,15-18H2,1-9H3/t19-,26-,27+,28+,29-,30+,32+,33+,34-,35+,36+,37+/m0/s1. The highest BCUT2D eigenvalue weighted by atomic mass is 16.6. The molecule has 4 fully saturated rings. The second-order valence-electron chi connectivity index (χ2n) is 15.5. The van der Waals surface area contributed by atoms with Gasteiger partial charge in [0.1, 0.15) is 35.6 Å². The lowest BCUT2D eigenvalue weighted by molar-refractivity contribution is -0.290. The fraction of sp³-hybridized carbons (Fsp3) is 0.676. The molecule has 274 valence electrons. The number of rotatable bonds is 7. The third-order valence-corrected chi connectivity index (χ3v) is 11.9. The molecule has 1 aromatic carbocycles. The fourth-order valence-corrected chi connectivity index (χ4v) is 10.5. The molecule has 12 atom stereocenters. The van der Waals surface area contributed by atoms with Crippen LogP contribution in [-0.4, -0.2) is 82.1 Å². The van der Waals surface area contributed by atoms with Gasteiger partial charge in [0.2, 0.25) is 0 Å². The first-order valence-corrected chi connectivity index (χ1v) is 17.0. The largest absolute Gasteiger partial charge is 0.461 e. The Morgan fingerprint density at radius 2 is 1.30 bits per heavy atom. The van der Waals surface area contributed by atoms with Crippen LogP contribution in [0.2, 0.25) is 0 Å². The quantitative estimate of drug-likeness (QED) is 0.321. The molecule has 1 N–H and O–H groups in total. The van der Waals surface area contributed by atoms with Gasteiger partial charge in [0.05, 0.1) is 11.5 Å². The molecule has 0 aromatic heterocycles. The van der Waals surface area contributed by atoms with E-state index >= 15 is 0 Å². The van der Waals surface area contributed by atoms with E-state index in [-0.39, 0.29) is 31.2 Å². The summed E-state index contributed by atoms with van der Waals surface area (Å²) in [6.45, 7) is 13.2. The predicted octanol–water partition coefficient (Wildman–Crippen LogP) is 3.86. The maximum absolute atomic E-state index is 13.5. The summed E-state index contributed by atoms with van der Waals surface area (Å²) in [4.78, 5) is 77.7. The Hall–Kier alpha value is -4.00. The number of hydrogen-bond acceptors (Lipinski definition) is 13. The molecular formula is C37H48O13. The number of fused-ring (bicyclic) bond motifs is 4. The lowest BCUT2D eigenvalue weighted by Gasteiger charge is -2.63. The van der Waals surface area contributed by atoms with Gasteiger partial charge in [-0.2, -0.15) is 0 Å². The van der Waals surface area contributed by atoms with Crippen LogP contribution >= 0.6 is 0 Å². The topological polar surface area (TPSA) is 178 Å². The minimum absolute atomic E-state index is 0.0202. The summed E-state index contributed by atoms with van der Waals surface area (Å²) < 4.78 is 36.6. The molecule has 0 unspecified atom stereocenters. The van der Waals surface area contributed by atoms with Crippen LogP contribution in [0.5, 0.6) is 0 Å². The zero-order valence-electron chi connectivity index (χ0n) is 30.1. The normalized spacial score (nSPS) is 41.4. The Kier molecular flexibility index (Phi) is 9.42. The zero-order chi connectivity index (χ0) is 37.2. The van der Waals surface area contributed by atoms with E-state index in [0.29, 0.717) is 0 Å². The molecule has 13 heteroatoms. The van der Waals surface area contributed by atoms with E-state index in [1.807, 2.05) is 0 Å². The Bertz CT molecular complexity index is 1580. The molecular weight excluding hydrogens is 652 g/mol. The molecule has 1 aromatic rings. The molecule has 4 aliphatic rings. The number of aliphatic hydroxyl groups is 1. The van der Waals surface area contributed by atoms with E-state index in [1.54, 1.807) is 58.0 Å². The maximum atomic E-state index is 13.5. The maximum Gasteiger partial charge on any atom is 0.338 e. The molecule has 13 nitrogen and oxygen atoms in total. The molecule has 4 saturated carbocycles. The zero-order valence-corrected chi connectivity index (χ0v) is 30.1. The Morgan fingerprint density at radius 3 is 1.84 bits per heavy atom. The van der Waals surface area contributed by atoms with Gasteiger partial charge >= 0.3 is 35.8 Å². The number of carbonyl (C=O) groups is 6. The SMILES string of the molecule is CC(=O)O[C@@H]1[C@H]2[C@@H](OC(=O)c3ccccc3)[C@@H](C)C[C@]2(O)[C@H](OC(C)=O)[C@@]2(C)[C@@H]3C[C@@](C)(OC(C)=O)C[C@@H](OC(C)=O)[C@@]3(OC(C)=O)C[C@@]12C. The van der Waals surface area contributed by atoms with Crippen LogP contribution in [0.4, 0.5) is 0 Å². The molecule has 0 bridgehead atoms. The Morgan fingerprint density at radius 1 is 0.720 bits per heavy atom. The molecule has 0 aliphatic heterocycles. The summed E-state index contributed by atoms with van der Waals surface area (Å²) >= 11 is 0. The summed E-state index contributed by atoms with van der Waals surface area (Å²) in [5.41, 5.74) is -7.26. The third-order valence-electron chi connectivity index (χ3n) is 11.9. The van der Waals surface area contributed by atoms with Crippen molar-refractivity contribution in [2.24, 2.45) is 28.6 Å². The summed E-state index contributed by atoms with van der Waals surface area (Å²) in [5.74, 6) is -6.52. The molecule has 0 amide bonds. The Balaban J connectivity index is 1.78. The number of hydrogen-bond donors (Lipinski definition) is 1. The van der Waals surface area contributed by atoms with Gasteiger partial charge in [0.25, 0.3) is 0 Å². The molecule has 0 saturated heterocycles. The van der Waals surface area contributed by atoms with Gasteiger partial charge in [-0.15, -0.1) is 0 Å². The van der Waals surface area contributed by atoms with Crippen molar-refractivity contribution in [1.82, 2.24) is 0 Å². The highest BCUT2D eigenvalue weighted by Crippen LogP contribution is 2.76. The monoisotopic (exact) mass is 700 g/mol. The van der Waals surface area contributed by atoms with E-state index < -0.39 is 106 Å². The van der Waals surface area contributed by atoms with Crippen LogP contribution in [0, 0.1) is 28.6 Å². The highest BCUT2D eigenvalue weighted by Gasteiger charge is 2.85. The molecule has 0 radical (unpaired) electrons. The van der Waals surface area contributed by atoms with Crippen molar-refractivity contribution < 1.29 is 62.3 Å². The van der Waals surface area contributed by atoms with E-state index in [4.69, 9.17) is 28.4 Å². The van der Waals surface area contributed by atoms with Crippen LogP contribution in [-0.2, 0) is 52.4 Å². The number of carbonyl (C=O) groups excluding carboxylic acids is 6. The average Bonchev–Trinajstić information content (AvgIpc) is 3.34. The second kappa shape index (κ2) is 12.6. The minimum atomic E-state index is -1.94. The predicted molar refractivity (Wildman–Crippen MR) is 173 cm³/mol. The minimum Gasteiger partial charge on any atom is -0.461 e. The van der Waals surface area contributed by atoms with Gasteiger partial charge in [0.15, 0.2) is 5.60 Å². The fourth-order valence-electron chi connectivity index (χ4n) is 10.5. The van der Waals surface area contributed by atoms with Crippen molar-refractivity contribution >= 4 is 35.8 Å². The van der Waals surface area contributed by atoms with Gasteiger partial charge in [-0.05, 0) is 37.8 Å². The van der Waals surface area contributed by atoms with Gasteiger partial charge < -0.3 is 33.5 Å². The summed E-state index contributed by atoms with van der Waals surface area (Å²) in [5, 5.41) is 13.1. The van der Waals surface area contributed by atoms with Crippen molar-refractivity contribution in [3.63, 3.8) is 0 Å². The van der Waals surface area contributed by atoms with E-state index in [1.165, 1.54) is 34.6 Å². The molecule has 5 rings (SSSR count). The molecule has 50 heavy (non-hydrogen) atoms. The van der Waals surface area contributed by atoms with Crippen molar-refractivity contribution in [3.8, 4) is 0 Å². The first kappa shape index (κ1) is 37.3. The average molecular weight is 701 g/mol. The number of ether oxygens (including phenoxy) is 6. The highest BCUT2D eigenvalue weighted by molar-refractivity contribution is 5.89. The number of esters is 6. The van der Waals surface area contributed by atoms with E-state index in [2.05, 4.69) is 0 Å². The van der Waals surface area contributed by atoms with Crippen LogP contribution in [0.25, 0.3) is 0 Å². The van der Waals surface area contributed by atoms with Crippen molar-refractivity contribution in [3.05, 3.63) is 35.9 Å². The first-order chi connectivity index (χ1) is 23.1.